The zero-order valence-electron chi connectivity index (χ0n) is 10.7. The fourth-order valence-corrected chi connectivity index (χ4v) is 2.13. The summed E-state index contributed by atoms with van der Waals surface area (Å²) in [5.41, 5.74) is 5.24. The monoisotopic (exact) mass is 225 g/mol. The quantitative estimate of drug-likeness (QED) is 0.668. The molecule has 1 aromatic heterocycles. The standard InChI is InChI=1S/C14H13N.C2H6/c1-10-6-8-12-11-4-2-3-5-13(11)15-14(12)9-7-10;1-2/h2-7,9,15H,8H2,1H3;1-2H3. The highest BCUT2D eigenvalue weighted by Gasteiger charge is 2.09. The van der Waals surface area contributed by atoms with E-state index >= 15 is 0 Å². The SMILES string of the molecule is CC.CC1=CCc2c([nH]c3ccccc23)C=C1. The average Bonchev–Trinajstić information content (AvgIpc) is 2.64. The molecule has 0 unspecified atom stereocenters. The van der Waals surface area contributed by atoms with Crippen molar-refractivity contribution in [2.75, 3.05) is 0 Å². The van der Waals surface area contributed by atoms with E-state index in [1.807, 2.05) is 13.8 Å². The van der Waals surface area contributed by atoms with Gasteiger partial charge in [0.25, 0.3) is 0 Å². The molecule has 0 fully saturated rings. The van der Waals surface area contributed by atoms with Gasteiger partial charge >= 0.3 is 0 Å². The van der Waals surface area contributed by atoms with Crippen LogP contribution in [0.25, 0.3) is 17.0 Å². The van der Waals surface area contributed by atoms with Crippen LogP contribution in [0.2, 0.25) is 0 Å². The fourth-order valence-electron chi connectivity index (χ4n) is 2.13. The van der Waals surface area contributed by atoms with Gasteiger partial charge in [-0.05, 0) is 31.1 Å². The number of para-hydroxylation sites is 1. The summed E-state index contributed by atoms with van der Waals surface area (Å²) in [5, 5.41) is 1.35. The van der Waals surface area contributed by atoms with Crippen LogP contribution in [0.3, 0.4) is 0 Å². The summed E-state index contributed by atoms with van der Waals surface area (Å²) in [6.07, 6.45) is 7.65. The van der Waals surface area contributed by atoms with Crippen molar-refractivity contribution in [3.05, 3.63) is 53.2 Å². The van der Waals surface area contributed by atoms with Gasteiger partial charge in [-0.15, -0.1) is 0 Å². The Morgan fingerprint density at radius 2 is 1.82 bits per heavy atom. The normalized spacial score (nSPS) is 13.5. The molecule has 1 N–H and O–H groups in total. The van der Waals surface area contributed by atoms with E-state index in [4.69, 9.17) is 0 Å². The smallest absolute Gasteiger partial charge is 0.0461 e. The van der Waals surface area contributed by atoms with Gasteiger partial charge < -0.3 is 4.98 Å². The van der Waals surface area contributed by atoms with E-state index in [1.165, 1.54) is 27.7 Å². The number of aromatic nitrogens is 1. The van der Waals surface area contributed by atoms with Crippen LogP contribution in [-0.4, -0.2) is 4.98 Å². The molecular weight excluding hydrogens is 206 g/mol. The lowest BCUT2D eigenvalue weighted by Crippen LogP contribution is -1.81. The number of allylic oxidation sites excluding steroid dienone is 3. The summed E-state index contributed by atoms with van der Waals surface area (Å²) in [7, 11) is 0. The molecule has 1 aliphatic rings. The number of nitrogens with one attached hydrogen (secondary N) is 1. The molecule has 0 amide bonds. The van der Waals surface area contributed by atoms with Crippen molar-refractivity contribution in [1.29, 1.82) is 0 Å². The molecule has 88 valence electrons. The van der Waals surface area contributed by atoms with Gasteiger partial charge in [-0.3, -0.25) is 0 Å². The zero-order valence-corrected chi connectivity index (χ0v) is 10.7. The molecule has 0 saturated heterocycles. The largest absolute Gasteiger partial charge is 0.355 e. The second kappa shape index (κ2) is 5.05. The molecule has 0 radical (unpaired) electrons. The summed E-state index contributed by atoms with van der Waals surface area (Å²) in [6, 6.07) is 8.49. The second-order valence-electron chi connectivity index (χ2n) is 4.05. The number of rotatable bonds is 0. The van der Waals surface area contributed by atoms with Crippen LogP contribution >= 0.6 is 0 Å². The third-order valence-electron chi connectivity index (χ3n) is 2.99. The summed E-state index contributed by atoms with van der Waals surface area (Å²) < 4.78 is 0. The van der Waals surface area contributed by atoms with Crippen molar-refractivity contribution in [3.8, 4) is 0 Å². The van der Waals surface area contributed by atoms with Gasteiger partial charge in [-0.2, -0.15) is 0 Å². The first kappa shape index (κ1) is 11.7. The van der Waals surface area contributed by atoms with E-state index < -0.39 is 0 Å². The molecule has 0 bridgehead atoms. The number of H-pyrrole nitrogens is 1. The molecule has 1 nitrogen and oxygen atoms in total. The molecule has 0 spiro atoms. The van der Waals surface area contributed by atoms with Crippen molar-refractivity contribution in [2.24, 2.45) is 0 Å². The topological polar surface area (TPSA) is 15.8 Å². The first-order valence-corrected chi connectivity index (χ1v) is 6.29. The van der Waals surface area contributed by atoms with Gasteiger partial charge in [-0.25, -0.2) is 0 Å². The Kier molecular flexibility index (Phi) is 3.48. The Morgan fingerprint density at radius 3 is 2.65 bits per heavy atom. The Labute approximate surface area is 103 Å². The molecule has 2 aromatic rings. The first-order valence-electron chi connectivity index (χ1n) is 6.29. The molecule has 1 heteroatoms. The Balaban J connectivity index is 0.000000514. The maximum atomic E-state index is 3.46. The van der Waals surface area contributed by atoms with Crippen molar-refractivity contribution >= 4 is 17.0 Å². The third-order valence-corrected chi connectivity index (χ3v) is 2.99. The zero-order chi connectivity index (χ0) is 12.3. The number of hydrogen-bond acceptors (Lipinski definition) is 0. The maximum Gasteiger partial charge on any atom is 0.0461 e. The van der Waals surface area contributed by atoms with Crippen LogP contribution in [0.1, 0.15) is 32.0 Å². The van der Waals surface area contributed by atoms with E-state index in [2.05, 4.69) is 54.4 Å². The van der Waals surface area contributed by atoms with E-state index in [0.717, 1.165) is 6.42 Å². The number of aromatic amines is 1. The van der Waals surface area contributed by atoms with E-state index in [1.54, 1.807) is 0 Å². The van der Waals surface area contributed by atoms with Gasteiger partial charge in [0, 0.05) is 16.6 Å². The minimum atomic E-state index is 1.03. The van der Waals surface area contributed by atoms with Gasteiger partial charge in [0.2, 0.25) is 0 Å². The average molecular weight is 225 g/mol. The van der Waals surface area contributed by atoms with Crippen LogP contribution in [0.4, 0.5) is 0 Å². The van der Waals surface area contributed by atoms with E-state index in [-0.39, 0.29) is 0 Å². The molecule has 1 heterocycles. The van der Waals surface area contributed by atoms with Crippen molar-refractivity contribution in [1.82, 2.24) is 4.98 Å². The van der Waals surface area contributed by atoms with Gasteiger partial charge in [0.15, 0.2) is 0 Å². The molecule has 3 rings (SSSR count). The highest BCUT2D eigenvalue weighted by Crippen LogP contribution is 2.26. The van der Waals surface area contributed by atoms with Crippen molar-refractivity contribution in [3.63, 3.8) is 0 Å². The van der Waals surface area contributed by atoms with Crippen LogP contribution in [0.15, 0.2) is 42.0 Å². The summed E-state index contributed by atoms with van der Waals surface area (Å²) >= 11 is 0. The van der Waals surface area contributed by atoms with Crippen LogP contribution in [0, 0.1) is 0 Å². The molecule has 0 aliphatic heterocycles. The van der Waals surface area contributed by atoms with E-state index in [9.17, 15) is 0 Å². The third kappa shape index (κ3) is 2.19. The lowest BCUT2D eigenvalue weighted by atomic mass is 10.1. The summed E-state index contributed by atoms with van der Waals surface area (Å²) in [4.78, 5) is 3.46. The molecule has 1 aliphatic carbocycles. The summed E-state index contributed by atoms with van der Waals surface area (Å²) in [5.74, 6) is 0. The van der Waals surface area contributed by atoms with Crippen LogP contribution in [-0.2, 0) is 6.42 Å². The number of fused-ring (bicyclic) bond motifs is 3. The molecular formula is C16H19N. The van der Waals surface area contributed by atoms with Crippen LogP contribution in [0.5, 0.6) is 0 Å². The second-order valence-corrected chi connectivity index (χ2v) is 4.05. The lowest BCUT2D eigenvalue weighted by Gasteiger charge is -1.94. The molecule has 1 aromatic carbocycles. The molecule has 0 saturated carbocycles. The lowest BCUT2D eigenvalue weighted by molar-refractivity contribution is 1.25. The van der Waals surface area contributed by atoms with Gasteiger partial charge in [0.05, 0.1) is 0 Å². The van der Waals surface area contributed by atoms with Crippen molar-refractivity contribution in [2.45, 2.75) is 27.2 Å². The highest BCUT2D eigenvalue weighted by molar-refractivity contribution is 5.87. The Morgan fingerprint density at radius 1 is 1.06 bits per heavy atom. The van der Waals surface area contributed by atoms with Gasteiger partial charge in [0.1, 0.15) is 0 Å². The van der Waals surface area contributed by atoms with Crippen molar-refractivity contribution < 1.29 is 0 Å². The fraction of sp³-hybridized carbons (Fsp3) is 0.250. The minimum Gasteiger partial charge on any atom is -0.355 e. The number of benzene rings is 1. The maximum absolute atomic E-state index is 3.46. The number of hydrogen-bond donors (Lipinski definition) is 1. The Bertz CT molecular complexity index is 570. The first-order chi connectivity index (χ1) is 8.34. The van der Waals surface area contributed by atoms with Gasteiger partial charge in [-0.1, -0.05) is 49.8 Å². The molecule has 17 heavy (non-hydrogen) atoms. The van der Waals surface area contributed by atoms with E-state index in [0.29, 0.717) is 0 Å². The molecule has 0 atom stereocenters. The predicted octanol–water partition coefficient (Wildman–Crippen LogP) is 4.71. The van der Waals surface area contributed by atoms with Crippen LogP contribution < -0.4 is 0 Å². The summed E-state index contributed by atoms with van der Waals surface area (Å²) in [6.45, 7) is 6.14. The highest BCUT2D eigenvalue weighted by atomic mass is 14.7. The minimum absolute atomic E-state index is 1.03. The Hall–Kier alpha value is -1.76. The predicted molar refractivity (Wildman–Crippen MR) is 76.1 cm³/mol.